The first-order valence-corrected chi connectivity index (χ1v) is 11.0. The number of aromatic nitrogens is 3. The molecule has 0 spiro atoms. The highest BCUT2D eigenvalue weighted by atomic mass is 16.2. The quantitative estimate of drug-likeness (QED) is 0.404. The number of aryl methyl sites for hydroxylation is 1. The van der Waals surface area contributed by atoms with Crippen LogP contribution in [0.4, 0.5) is 0 Å². The van der Waals surface area contributed by atoms with E-state index in [0.29, 0.717) is 31.6 Å². The number of hydrogen-bond donors (Lipinski definition) is 1. The molecular formula is C26H27N5O2. The second kappa shape index (κ2) is 10.5. The Kier molecular flexibility index (Phi) is 7.09. The number of imidazole rings is 1. The molecule has 0 atom stereocenters. The predicted octanol–water partition coefficient (Wildman–Crippen LogP) is 3.45. The van der Waals surface area contributed by atoms with E-state index in [9.17, 15) is 9.59 Å². The molecule has 2 heterocycles. The highest BCUT2D eigenvalue weighted by Crippen LogP contribution is 2.18. The molecular weight excluding hydrogens is 414 g/mol. The standard InChI is InChI=1S/C26H27N5O2/c1-30(18-20-10-3-2-4-11-20)25(32)19-31-23-14-6-5-12-21(23)29-24(31)15-9-17-28-26(33)22-13-7-8-16-27-22/h2-8,10-14,16H,9,15,17-19H2,1H3,(H,28,33). The Hall–Kier alpha value is -4.00. The van der Waals surface area contributed by atoms with E-state index in [1.165, 1.54) is 0 Å². The monoisotopic (exact) mass is 441 g/mol. The summed E-state index contributed by atoms with van der Waals surface area (Å²) in [6.45, 7) is 1.28. The summed E-state index contributed by atoms with van der Waals surface area (Å²) in [6.07, 6.45) is 2.95. The van der Waals surface area contributed by atoms with E-state index in [4.69, 9.17) is 4.98 Å². The average Bonchev–Trinajstić information content (AvgIpc) is 3.20. The second-order valence-electron chi connectivity index (χ2n) is 7.91. The molecule has 0 bridgehead atoms. The van der Waals surface area contributed by atoms with Gasteiger partial charge in [0.15, 0.2) is 0 Å². The van der Waals surface area contributed by atoms with Crippen LogP contribution in [0.25, 0.3) is 11.0 Å². The lowest BCUT2D eigenvalue weighted by atomic mass is 10.2. The van der Waals surface area contributed by atoms with Crippen LogP contribution in [-0.4, -0.2) is 44.8 Å². The van der Waals surface area contributed by atoms with Crippen LogP contribution in [0.3, 0.4) is 0 Å². The third-order valence-corrected chi connectivity index (χ3v) is 5.48. The van der Waals surface area contributed by atoms with Crippen molar-refractivity contribution >= 4 is 22.8 Å². The molecule has 7 nitrogen and oxygen atoms in total. The summed E-state index contributed by atoms with van der Waals surface area (Å²) in [7, 11) is 1.82. The fourth-order valence-electron chi connectivity index (χ4n) is 3.73. The molecule has 0 aliphatic carbocycles. The topological polar surface area (TPSA) is 80.1 Å². The van der Waals surface area contributed by atoms with Crippen LogP contribution in [0.1, 0.15) is 28.3 Å². The predicted molar refractivity (Wildman–Crippen MR) is 128 cm³/mol. The third-order valence-electron chi connectivity index (χ3n) is 5.48. The van der Waals surface area contributed by atoms with Crippen LogP contribution in [-0.2, 0) is 24.3 Å². The molecule has 168 valence electrons. The van der Waals surface area contributed by atoms with E-state index in [1.54, 1.807) is 29.3 Å². The zero-order valence-electron chi connectivity index (χ0n) is 18.6. The van der Waals surface area contributed by atoms with Gasteiger partial charge in [-0.3, -0.25) is 14.6 Å². The fraction of sp³-hybridized carbons (Fsp3) is 0.231. The maximum Gasteiger partial charge on any atom is 0.269 e. The van der Waals surface area contributed by atoms with Gasteiger partial charge in [-0.25, -0.2) is 4.98 Å². The number of nitrogens with one attached hydrogen (secondary N) is 1. The number of benzene rings is 2. The first-order chi connectivity index (χ1) is 16.1. The van der Waals surface area contributed by atoms with Gasteiger partial charge in [0.2, 0.25) is 5.91 Å². The minimum Gasteiger partial charge on any atom is -0.351 e. The zero-order chi connectivity index (χ0) is 23.0. The lowest BCUT2D eigenvalue weighted by Gasteiger charge is -2.19. The molecule has 0 radical (unpaired) electrons. The first kappa shape index (κ1) is 22.2. The molecule has 33 heavy (non-hydrogen) atoms. The smallest absolute Gasteiger partial charge is 0.269 e. The summed E-state index contributed by atoms with van der Waals surface area (Å²) in [5, 5.41) is 2.90. The van der Waals surface area contributed by atoms with Gasteiger partial charge < -0.3 is 14.8 Å². The Bertz CT molecular complexity index is 1220. The van der Waals surface area contributed by atoms with Crippen molar-refractivity contribution in [3.05, 3.63) is 96.1 Å². The molecule has 2 amide bonds. The van der Waals surface area contributed by atoms with Crippen molar-refractivity contribution in [1.29, 1.82) is 0 Å². The molecule has 7 heteroatoms. The normalized spacial score (nSPS) is 10.8. The van der Waals surface area contributed by atoms with Crippen LogP contribution in [0.5, 0.6) is 0 Å². The maximum atomic E-state index is 13.0. The van der Waals surface area contributed by atoms with Gasteiger partial charge >= 0.3 is 0 Å². The van der Waals surface area contributed by atoms with Crippen LogP contribution in [0, 0.1) is 0 Å². The number of likely N-dealkylation sites (N-methyl/N-ethyl adjacent to an activating group) is 1. The Balaban J connectivity index is 1.41. The van der Waals surface area contributed by atoms with Crippen molar-refractivity contribution in [2.45, 2.75) is 25.9 Å². The number of para-hydroxylation sites is 2. The van der Waals surface area contributed by atoms with Gasteiger partial charge in [0.1, 0.15) is 18.1 Å². The number of fused-ring (bicyclic) bond motifs is 1. The Morgan fingerprint density at radius 1 is 0.970 bits per heavy atom. The molecule has 4 aromatic rings. The summed E-state index contributed by atoms with van der Waals surface area (Å²) >= 11 is 0. The number of hydrogen-bond acceptors (Lipinski definition) is 4. The van der Waals surface area contributed by atoms with Gasteiger partial charge in [0, 0.05) is 32.8 Å². The summed E-state index contributed by atoms with van der Waals surface area (Å²) in [4.78, 5) is 35.7. The SMILES string of the molecule is CN(Cc1ccccc1)C(=O)Cn1c(CCCNC(=O)c2ccccn2)nc2ccccc21. The van der Waals surface area contributed by atoms with Gasteiger partial charge in [-0.2, -0.15) is 0 Å². The van der Waals surface area contributed by atoms with Gasteiger partial charge in [0.05, 0.1) is 11.0 Å². The lowest BCUT2D eigenvalue weighted by molar-refractivity contribution is -0.131. The lowest BCUT2D eigenvalue weighted by Crippen LogP contribution is -2.30. The maximum absolute atomic E-state index is 13.0. The highest BCUT2D eigenvalue weighted by Gasteiger charge is 2.16. The van der Waals surface area contributed by atoms with Gasteiger partial charge in [-0.15, -0.1) is 0 Å². The summed E-state index contributed by atoms with van der Waals surface area (Å²) < 4.78 is 1.99. The van der Waals surface area contributed by atoms with E-state index in [2.05, 4.69) is 10.3 Å². The van der Waals surface area contributed by atoms with Crippen molar-refractivity contribution in [3.8, 4) is 0 Å². The van der Waals surface area contributed by atoms with E-state index in [-0.39, 0.29) is 18.4 Å². The fourth-order valence-corrected chi connectivity index (χ4v) is 3.73. The largest absolute Gasteiger partial charge is 0.351 e. The Labute approximate surface area is 193 Å². The number of nitrogens with zero attached hydrogens (tertiary/aromatic N) is 4. The highest BCUT2D eigenvalue weighted by molar-refractivity contribution is 5.92. The van der Waals surface area contributed by atoms with Gasteiger partial charge in [0.25, 0.3) is 5.91 Å². The molecule has 0 fully saturated rings. The van der Waals surface area contributed by atoms with Crippen molar-refractivity contribution in [2.24, 2.45) is 0 Å². The number of rotatable bonds is 9. The van der Waals surface area contributed by atoms with E-state index < -0.39 is 0 Å². The van der Waals surface area contributed by atoms with Gasteiger partial charge in [-0.1, -0.05) is 48.5 Å². The molecule has 0 aliphatic heterocycles. The second-order valence-corrected chi connectivity index (χ2v) is 7.91. The number of amides is 2. The van der Waals surface area contributed by atoms with Crippen molar-refractivity contribution in [3.63, 3.8) is 0 Å². The summed E-state index contributed by atoms with van der Waals surface area (Å²) in [5.74, 6) is 0.665. The molecule has 2 aromatic carbocycles. The van der Waals surface area contributed by atoms with Gasteiger partial charge in [-0.05, 0) is 36.2 Å². The molecule has 0 saturated carbocycles. The van der Waals surface area contributed by atoms with Crippen LogP contribution < -0.4 is 5.32 Å². The van der Waals surface area contributed by atoms with Crippen LogP contribution in [0.15, 0.2) is 79.0 Å². The Morgan fingerprint density at radius 3 is 2.52 bits per heavy atom. The molecule has 2 aromatic heterocycles. The van der Waals surface area contributed by atoms with E-state index >= 15 is 0 Å². The van der Waals surface area contributed by atoms with E-state index in [0.717, 1.165) is 22.4 Å². The number of carbonyl (C=O) groups excluding carboxylic acids is 2. The zero-order valence-corrected chi connectivity index (χ0v) is 18.6. The third kappa shape index (κ3) is 5.63. The average molecular weight is 442 g/mol. The summed E-state index contributed by atoms with van der Waals surface area (Å²) in [6, 6.07) is 23.0. The Morgan fingerprint density at radius 2 is 1.73 bits per heavy atom. The molecule has 4 rings (SSSR count). The summed E-state index contributed by atoms with van der Waals surface area (Å²) in [5.41, 5.74) is 3.29. The number of pyridine rings is 1. The van der Waals surface area contributed by atoms with Crippen molar-refractivity contribution in [2.75, 3.05) is 13.6 Å². The minimum absolute atomic E-state index is 0.0201. The molecule has 1 N–H and O–H groups in total. The number of carbonyl (C=O) groups is 2. The molecule has 0 saturated heterocycles. The first-order valence-electron chi connectivity index (χ1n) is 11.0. The van der Waals surface area contributed by atoms with Crippen LogP contribution in [0.2, 0.25) is 0 Å². The van der Waals surface area contributed by atoms with Crippen molar-refractivity contribution < 1.29 is 9.59 Å². The van der Waals surface area contributed by atoms with E-state index in [1.807, 2.05) is 66.2 Å². The van der Waals surface area contributed by atoms with Crippen molar-refractivity contribution in [1.82, 2.24) is 24.8 Å². The minimum atomic E-state index is -0.193. The molecule has 0 aliphatic rings. The molecule has 0 unspecified atom stereocenters. The van der Waals surface area contributed by atoms with Crippen LogP contribution >= 0.6 is 0 Å².